The van der Waals surface area contributed by atoms with Crippen molar-refractivity contribution >= 4 is 34.2 Å². The van der Waals surface area contributed by atoms with E-state index in [1.54, 1.807) is 4.90 Å². The second kappa shape index (κ2) is 8.62. The molecule has 0 radical (unpaired) electrons. The molecule has 1 aromatic carbocycles. The van der Waals surface area contributed by atoms with Crippen molar-refractivity contribution in [2.45, 2.75) is 12.5 Å². The van der Waals surface area contributed by atoms with Crippen molar-refractivity contribution in [1.82, 2.24) is 10.2 Å². The fourth-order valence-corrected chi connectivity index (χ4v) is 2.29. The molecule has 6 heteroatoms. The molecule has 0 spiro atoms. The molecule has 20 heavy (non-hydrogen) atoms. The summed E-state index contributed by atoms with van der Waals surface area (Å²) in [6, 6.07) is 8.18. The molecule has 4 nitrogen and oxygen atoms in total. The molecule has 1 heterocycles. The maximum Gasteiger partial charge on any atom is 0.252 e. The number of nitrogens with one attached hydrogen (secondary N) is 1. The molecule has 1 atom stereocenters. The Kier molecular flexibility index (Phi) is 7.51. The van der Waals surface area contributed by atoms with Crippen LogP contribution >= 0.6 is 28.3 Å². The minimum Gasteiger partial charge on any atom is -0.366 e. The van der Waals surface area contributed by atoms with Crippen LogP contribution in [0.2, 0.25) is 0 Å². The lowest BCUT2D eigenvalue weighted by atomic mass is 10.1. The van der Waals surface area contributed by atoms with Crippen LogP contribution in [0.25, 0.3) is 0 Å². The molecule has 2 rings (SSSR count). The van der Waals surface area contributed by atoms with E-state index in [9.17, 15) is 4.79 Å². The zero-order valence-electron chi connectivity index (χ0n) is 11.5. The van der Waals surface area contributed by atoms with E-state index in [1.807, 2.05) is 19.2 Å². The molecule has 0 saturated carbocycles. The summed E-state index contributed by atoms with van der Waals surface area (Å²) in [6.45, 7) is 2.76. The Labute approximate surface area is 134 Å². The Balaban J connectivity index is 0.00000200. The van der Waals surface area contributed by atoms with E-state index in [0.717, 1.165) is 17.4 Å². The minimum atomic E-state index is -0.330. The van der Waals surface area contributed by atoms with Crippen LogP contribution in [0.1, 0.15) is 5.56 Å². The highest BCUT2D eigenvalue weighted by molar-refractivity contribution is 9.10. The molecule has 0 aromatic heterocycles. The summed E-state index contributed by atoms with van der Waals surface area (Å²) < 4.78 is 6.54. The minimum absolute atomic E-state index is 0. The normalized spacial score (nSPS) is 18.2. The van der Waals surface area contributed by atoms with Crippen LogP contribution in [0.15, 0.2) is 28.7 Å². The van der Waals surface area contributed by atoms with E-state index in [4.69, 9.17) is 4.74 Å². The zero-order valence-corrected chi connectivity index (χ0v) is 13.9. The zero-order chi connectivity index (χ0) is 13.7. The Hall–Kier alpha value is -0.620. The highest BCUT2D eigenvalue weighted by atomic mass is 79.9. The van der Waals surface area contributed by atoms with Gasteiger partial charge in [0.15, 0.2) is 0 Å². The second-order valence-electron chi connectivity index (χ2n) is 4.70. The van der Waals surface area contributed by atoms with Gasteiger partial charge in [-0.15, -0.1) is 12.4 Å². The fourth-order valence-electron chi connectivity index (χ4n) is 2.03. The van der Waals surface area contributed by atoms with Gasteiger partial charge in [-0.2, -0.15) is 0 Å². The van der Waals surface area contributed by atoms with Gasteiger partial charge in [-0.1, -0.05) is 28.1 Å². The lowest BCUT2D eigenvalue weighted by molar-refractivity contribution is -0.143. The van der Waals surface area contributed by atoms with Gasteiger partial charge in [0, 0.05) is 31.2 Å². The third-order valence-corrected chi connectivity index (χ3v) is 3.76. The third-order valence-electron chi connectivity index (χ3n) is 3.23. The lowest BCUT2D eigenvalue weighted by Gasteiger charge is -2.27. The number of halogens is 2. The standard InChI is InChI=1S/C14H19BrN2O2.ClH/c1-17(14(18)13-10-16-7-9-19-13)8-6-11-2-4-12(15)5-3-11;/h2-5,13,16H,6-10H2,1H3;1H. The van der Waals surface area contributed by atoms with Gasteiger partial charge >= 0.3 is 0 Å². The number of ether oxygens (including phenoxy) is 1. The molecular formula is C14H20BrClN2O2. The number of rotatable bonds is 4. The molecule has 0 bridgehead atoms. The Morgan fingerprint density at radius 2 is 2.15 bits per heavy atom. The first-order valence-electron chi connectivity index (χ1n) is 6.48. The summed E-state index contributed by atoms with van der Waals surface area (Å²) in [5.74, 6) is 0.0595. The van der Waals surface area contributed by atoms with Crippen LogP contribution in [0, 0.1) is 0 Å². The number of hydrogen-bond acceptors (Lipinski definition) is 3. The molecule has 1 aromatic rings. The van der Waals surface area contributed by atoms with E-state index >= 15 is 0 Å². The molecule has 1 amide bonds. The van der Waals surface area contributed by atoms with Crippen molar-refractivity contribution in [2.75, 3.05) is 33.3 Å². The largest absolute Gasteiger partial charge is 0.366 e. The van der Waals surface area contributed by atoms with E-state index in [1.165, 1.54) is 5.56 Å². The lowest BCUT2D eigenvalue weighted by Crippen LogP contribution is -2.48. The van der Waals surface area contributed by atoms with Crippen LogP contribution in [-0.4, -0.2) is 50.2 Å². The predicted octanol–water partition coefficient (Wildman–Crippen LogP) is 1.86. The topological polar surface area (TPSA) is 41.6 Å². The van der Waals surface area contributed by atoms with Gasteiger partial charge in [0.05, 0.1) is 6.61 Å². The quantitative estimate of drug-likeness (QED) is 0.888. The van der Waals surface area contributed by atoms with Crippen LogP contribution in [0.3, 0.4) is 0 Å². The number of carbonyl (C=O) groups is 1. The van der Waals surface area contributed by atoms with Crippen LogP contribution in [-0.2, 0) is 16.0 Å². The SMILES string of the molecule is CN(CCc1ccc(Br)cc1)C(=O)C1CNCCO1.Cl. The number of nitrogens with zero attached hydrogens (tertiary/aromatic N) is 1. The maximum absolute atomic E-state index is 12.1. The van der Waals surface area contributed by atoms with Gasteiger partial charge in [0.2, 0.25) is 0 Å². The highest BCUT2D eigenvalue weighted by Gasteiger charge is 2.24. The van der Waals surface area contributed by atoms with Crippen molar-refractivity contribution in [3.05, 3.63) is 34.3 Å². The molecule has 1 aliphatic rings. The second-order valence-corrected chi connectivity index (χ2v) is 5.62. The van der Waals surface area contributed by atoms with E-state index in [2.05, 4.69) is 33.4 Å². The van der Waals surface area contributed by atoms with Crippen molar-refractivity contribution in [3.63, 3.8) is 0 Å². The van der Waals surface area contributed by atoms with E-state index < -0.39 is 0 Å². The first kappa shape index (κ1) is 17.4. The molecule has 1 aliphatic heterocycles. The van der Waals surface area contributed by atoms with Crippen LogP contribution < -0.4 is 5.32 Å². The first-order chi connectivity index (χ1) is 9.16. The highest BCUT2D eigenvalue weighted by Crippen LogP contribution is 2.11. The van der Waals surface area contributed by atoms with Crippen molar-refractivity contribution in [2.24, 2.45) is 0 Å². The fraction of sp³-hybridized carbons (Fsp3) is 0.500. The van der Waals surface area contributed by atoms with Gasteiger partial charge in [-0.25, -0.2) is 0 Å². The average Bonchev–Trinajstić information content (AvgIpc) is 2.46. The summed E-state index contributed by atoms with van der Waals surface area (Å²) >= 11 is 3.41. The molecule has 0 aliphatic carbocycles. The smallest absolute Gasteiger partial charge is 0.252 e. The first-order valence-corrected chi connectivity index (χ1v) is 7.28. The van der Waals surface area contributed by atoms with Crippen molar-refractivity contribution in [1.29, 1.82) is 0 Å². The Morgan fingerprint density at radius 3 is 2.75 bits per heavy atom. The van der Waals surface area contributed by atoms with Gasteiger partial charge < -0.3 is 15.0 Å². The van der Waals surface area contributed by atoms with Crippen molar-refractivity contribution in [3.8, 4) is 0 Å². The number of hydrogen-bond donors (Lipinski definition) is 1. The van der Waals surface area contributed by atoms with Crippen LogP contribution in [0.4, 0.5) is 0 Å². The number of amides is 1. The third kappa shape index (κ3) is 5.05. The summed E-state index contributed by atoms with van der Waals surface area (Å²) in [4.78, 5) is 13.9. The number of morpholine rings is 1. The summed E-state index contributed by atoms with van der Waals surface area (Å²) in [6.07, 6.45) is 0.527. The van der Waals surface area contributed by atoms with Gasteiger partial charge in [0.25, 0.3) is 5.91 Å². The van der Waals surface area contributed by atoms with Gasteiger partial charge in [-0.05, 0) is 24.1 Å². The molecular weight excluding hydrogens is 344 g/mol. The number of carbonyl (C=O) groups excluding carboxylic acids is 1. The number of likely N-dealkylation sites (N-methyl/N-ethyl adjacent to an activating group) is 1. The van der Waals surface area contributed by atoms with Crippen molar-refractivity contribution < 1.29 is 9.53 Å². The number of benzene rings is 1. The molecule has 1 unspecified atom stereocenters. The molecule has 1 fully saturated rings. The molecule has 1 N–H and O–H groups in total. The summed E-state index contributed by atoms with van der Waals surface area (Å²) in [7, 11) is 1.83. The van der Waals surface area contributed by atoms with E-state index in [-0.39, 0.29) is 24.4 Å². The Bertz CT molecular complexity index is 422. The maximum atomic E-state index is 12.1. The molecule has 112 valence electrons. The molecule has 1 saturated heterocycles. The van der Waals surface area contributed by atoms with E-state index in [0.29, 0.717) is 19.7 Å². The van der Waals surface area contributed by atoms with Gasteiger partial charge in [-0.3, -0.25) is 4.79 Å². The summed E-state index contributed by atoms with van der Waals surface area (Å²) in [5, 5.41) is 3.17. The van der Waals surface area contributed by atoms with Gasteiger partial charge in [0.1, 0.15) is 6.10 Å². The predicted molar refractivity (Wildman–Crippen MR) is 85.3 cm³/mol. The monoisotopic (exact) mass is 362 g/mol. The average molecular weight is 364 g/mol. The summed E-state index contributed by atoms with van der Waals surface area (Å²) in [5.41, 5.74) is 1.23. The Morgan fingerprint density at radius 1 is 1.45 bits per heavy atom. The van der Waals surface area contributed by atoms with Crippen LogP contribution in [0.5, 0.6) is 0 Å².